The summed E-state index contributed by atoms with van der Waals surface area (Å²) in [5.74, 6) is 0.789. The van der Waals surface area contributed by atoms with Crippen molar-refractivity contribution in [1.29, 1.82) is 5.26 Å². The van der Waals surface area contributed by atoms with Gasteiger partial charge in [0.25, 0.3) is 0 Å². The number of hydrogen-bond acceptors (Lipinski definition) is 4. The third-order valence-corrected chi connectivity index (χ3v) is 3.83. The minimum atomic E-state index is -0.381. The molecule has 0 aliphatic carbocycles. The number of amidine groups is 2. The predicted octanol–water partition coefficient (Wildman–Crippen LogP) is 1.84. The van der Waals surface area contributed by atoms with Crippen molar-refractivity contribution in [1.82, 2.24) is 9.91 Å². The number of rotatable bonds is 3. The van der Waals surface area contributed by atoms with Crippen molar-refractivity contribution >= 4 is 32.3 Å². The maximum Gasteiger partial charge on any atom is 0.184 e. The molecule has 1 heterocycles. The van der Waals surface area contributed by atoms with Crippen LogP contribution in [0.15, 0.2) is 22.7 Å². The standard InChI is InChI=1S/C13H20IN5O/c1-5-12(19-6-7-20-9-11(19)3)17-18(4)13(14)16-10(2)8-15/h5,10-11H,1,6-7,9H2,2-4H3/b16-13-,17-12+/t10?,11-/m1/s1. The number of hydrogen-bond donors (Lipinski definition) is 0. The Morgan fingerprint density at radius 2 is 2.40 bits per heavy atom. The van der Waals surface area contributed by atoms with Crippen LogP contribution >= 0.6 is 22.6 Å². The van der Waals surface area contributed by atoms with Gasteiger partial charge in [0.1, 0.15) is 11.9 Å². The zero-order valence-corrected chi connectivity index (χ0v) is 14.2. The average molecular weight is 389 g/mol. The van der Waals surface area contributed by atoms with Crippen LogP contribution in [0.5, 0.6) is 0 Å². The first-order valence-electron chi connectivity index (χ1n) is 6.41. The van der Waals surface area contributed by atoms with E-state index in [4.69, 9.17) is 10.00 Å². The lowest BCUT2D eigenvalue weighted by Crippen LogP contribution is -2.47. The van der Waals surface area contributed by atoms with Crippen LogP contribution in [0.3, 0.4) is 0 Å². The van der Waals surface area contributed by atoms with E-state index < -0.39 is 0 Å². The Hall–Kier alpha value is -1.14. The van der Waals surface area contributed by atoms with Crippen LogP contribution in [-0.2, 0) is 4.74 Å². The van der Waals surface area contributed by atoms with Crippen molar-refractivity contribution in [3.8, 4) is 6.07 Å². The SMILES string of the molecule is C=C/C(=N\N(C)/C(I)=N\C(C)C#N)N1CCOC[C@H]1C. The molecule has 0 aromatic rings. The van der Waals surface area contributed by atoms with Crippen LogP contribution < -0.4 is 0 Å². The van der Waals surface area contributed by atoms with Gasteiger partial charge in [-0.1, -0.05) is 6.58 Å². The summed E-state index contributed by atoms with van der Waals surface area (Å²) in [6.07, 6.45) is 1.73. The summed E-state index contributed by atoms with van der Waals surface area (Å²) >= 11 is 2.07. The van der Waals surface area contributed by atoms with E-state index in [1.54, 1.807) is 18.0 Å². The van der Waals surface area contributed by atoms with Gasteiger partial charge in [0.2, 0.25) is 0 Å². The van der Waals surface area contributed by atoms with Crippen molar-refractivity contribution in [2.75, 3.05) is 26.8 Å². The first kappa shape index (κ1) is 16.9. The molecule has 1 unspecified atom stereocenters. The number of hydrazone groups is 1. The second-order valence-corrected chi connectivity index (χ2v) is 5.47. The van der Waals surface area contributed by atoms with Gasteiger partial charge < -0.3 is 9.64 Å². The molecule has 1 saturated heterocycles. The maximum atomic E-state index is 8.78. The number of aliphatic imine (C=N–C) groups is 1. The van der Waals surface area contributed by atoms with Crippen molar-refractivity contribution in [2.45, 2.75) is 25.9 Å². The maximum absolute atomic E-state index is 8.78. The fourth-order valence-electron chi connectivity index (χ4n) is 1.75. The topological polar surface area (TPSA) is 64.2 Å². The van der Waals surface area contributed by atoms with Gasteiger partial charge in [-0.2, -0.15) is 10.4 Å². The third-order valence-electron chi connectivity index (χ3n) is 2.85. The van der Waals surface area contributed by atoms with Crippen molar-refractivity contribution < 1.29 is 4.74 Å². The lowest BCUT2D eigenvalue weighted by Gasteiger charge is -2.35. The van der Waals surface area contributed by atoms with E-state index in [2.05, 4.69) is 57.2 Å². The molecule has 0 saturated carbocycles. The second kappa shape index (κ2) is 8.21. The van der Waals surface area contributed by atoms with Gasteiger partial charge in [0.15, 0.2) is 3.84 Å². The molecule has 1 aliphatic rings. The van der Waals surface area contributed by atoms with Gasteiger partial charge in [0.05, 0.1) is 25.3 Å². The number of halogens is 1. The third kappa shape index (κ3) is 4.76. The van der Waals surface area contributed by atoms with E-state index in [-0.39, 0.29) is 12.1 Å². The summed E-state index contributed by atoms with van der Waals surface area (Å²) < 4.78 is 6.08. The molecule has 0 aromatic heterocycles. The monoisotopic (exact) mass is 389 g/mol. The molecule has 0 radical (unpaired) electrons. The van der Waals surface area contributed by atoms with Crippen LogP contribution in [0.2, 0.25) is 0 Å². The summed E-state index contributed by atoms with van der Waals surface area (Å²) in [7, 11) is 1.81. The Morgan fingerprint density at radius 1 is 1.70 bits per heavy atom. The normalized spacial score (nSPS) is 22.1. The summed E-state index contributed by atoms with van der Waals surface area (Å²) in [6, 6.07) is 1.96. The summed E-state index contributed by atoms with van der Waals surface area (Å²) in [4.78, 5) is 6.39. The minimum absolute atomic E-state index is 0.265. The van der Waals surface area contributed by atoms with Gasteiger partial charge >= 0.3 is 0 Å². The first-order chi connectivity index (χ1) is 9.49. The fraction of sp³-hybridized carbons (Fsp3) is 0.615. The van der Waals surface area contributed by atoms with Crippen molar-refractivity contribution in [3.05, 3.63) is 12.7 Å². The van der Waals surface area contributed by atoms with Crippen LogP contribution in [0.4, 0.5) is 0 Å². The zero-order chi connectivity index (χ0) is 15.1. The smallest absolute Gasteiger partial charge is 0.184 e. The van der Waals surface area contributed by atoms with E-state index in [1.807, 2.05) is 7.05 Å². The van der Waals surface area contributed by atoms with Crippen LogP contribution in [0.25, 0.3) is 0 Å². The highest BCUT2D eigenvalue weighted by molar-refractivity contribution is 14.1. The van der Waals surface area contributed by atoms with E-state index >= 15 is 0 Å². The Labute approximate surface area is 133 Å². The molecule has 20 heavy (non-hydrogen) atoms. The van der Waals surface area contributed by atoms with Gasteiger partial charge in [-0.25, -0.2) is 10.0 Å². The lowest BCUT2D eigenvalue weighted by atomic mass is 10.2. The van der Waals surface area contributed by atoms with E-state index in [1.165, 1.54) is 0 Å². The molecule has 2 atom stereocenters. The lowest BCUT2D eigenvalue weighted by molar-refractivity contribution is 0.0331. The van der Waals surface area contributed by atoms with Gasteiger partial charge in [-0.3, -0.25) is 0 Å². The summed E-state index contributed by atoms with van der Waals surface area (Å²) in [5.41, 5.74) is 0. The Kier molecular flexibility index (Phi) is 6.95. The van der Waals surface area contributed by atoms with Crippen LogP contribution in [-0.4, -0.2) is 58.5 Å². The molecule has 7 heteroatoms. The molecular formula is C13H20IN5O. The largest absolute Gasteiger partial charge is 0.377 e. The molecule has 1 fully saturated rings. The Morgan fingerprint density at radius 3 is 2.95 bits per heavy atom. The van der Waals surface area contributed by atoms with Gasteiger partial charge in [-0.05, 0) is 19.9 Å². The summed E-state index contributed by atoms with van der Waals surface area (Å²) in [5, 5.41) is 15.0. The highest BCUT2D eigenvalue weighted by Crippen LogP contribution is 2.10. The van der Waals surface area contributed by atoms with E-state index in [9.17, 15) is 0 Å². The minimum Gasteiger partial charge on any atom is -0.377 e. The molecule has 1 aliphatic heterocycles. The molecule has 110 valence electrons. The Bertz CT molecular complexity index is 443. The Balaban J connectivity index is 2.85. The molecular weight excluding hydrogens is 369 g/mol. The molecule has 0 amide bonds. The van der Waals surface area contributed by atoms with Crippen LogP contribution in [0, 0.1) is 11.3 Å². The fourth-order valence-corrected chi connectivity index (χ4v) is 2.28. The van der Waals surface area contributed by atoms with Crippen molar-refractivity contribution in [2.24, 2.45) is 10.1 Å². The molecule has 0 bridgehead atoms. The van der Waals surface area contributed by atoms with Gasteiger partial charge in [-0.15, -0.1) is 0 Å². The number of morpholine rings is 1. The zero-order valence-electron chi connectivity index (χ0n) is 12.1. The van der Waals surface area contributed by atoms with E-state index in [0.717, 1.165) is 12.4 Å². The van der Waals surface area contributed by atoms with E-state index in [0.29, 0.717) is 17.1 Å². The quantitative estimate of drug-likeness (QED) is 0.243. The number of nitrogens with zero attached hydrogens (tertiary/aromatic N) is 5. The first-order valence-corrected chi connectivity index (χ1v) is 7.49. The molecule has 0 spiro atoms. The van der Waals surface area contributed by atoms with Crippen molar-refractivity contribution in [3.63, 3.8) is 0 Å². The van der Waals surface area contributed by atoms with Crippen LogP contribution in [0.1, 0.15) is 13.8 Å². The predicted molar refractivity (Wildman–Crippen MR) is 88.9 cm³/mol. The molecule has 6 nitrogen and oxygen atoms in total. The number of ether oxygens (including phenoxy) is 1. The average Bonchev–Trinajstić information content (AvgIpc) is 2.45. The van der Waals surface area contributed by atoms with Gasteiger partial charge in [0, 0.05) is 36.2 Å². The second-order valence-electron chi connectivity index (χ2n) is 4.51. The highest BCUT2D eigenvalue weighted by Gasteiger charge is 2.21. The molecule has 0 aromatic carbocycles. The molecule has 1 rings (SSSR count). The molecule has 0 N–H and O–H groups in total. The number of nitriles is 1. The highest BCUT2D eigenvalue weighted by atomic mass is 127. The summed E-state index contributed by atoms with van der Waals surface area (Å²) in [6.45, 7) is 9.84.